The van der Waals surface area contributed by atoms with Crippen molar-refractivity contribution in [2.24, 2.45) is 0 Å². The highest BCUT2D eigenvalue weighted by atomic mass is 31.2. The molecule has 2 unspecified atom stereocenters. The third kappa shape index (κ3) is 55.9. The minimum atomic E-state index is -4.61. The molecule has 2 atom stereocenters. The molecule has 0 aliphatic rings. The van der Waals surface area contributed by atoms with Crippen LogP contribution in [0, 0.1) is 0 Å². The van der Waals surface area contributed by atoms with Gasteiger partial charge in [0.2, 0.25) is 0 Å². The van der Waals surface area contributed by atoms with E-state index in [4.69, 9.17) is 18.5 Å². The van der Waals surface area contributed by atoms with Crippen LogP contribution in [0.5, 0.6) is 0 Å². The molecule has 69 heavy (non-hydrogen) atoms. The lowest BCUT2D eigenvalue weighted by atomic mass is 10.0. The van der Waals surface area contributed by atoms with Crippen molar-refractivity contribution in [3.05, 3.63) is 12.2 Å². The van der Waals surface area contributed by atoms with Crippen LogP contribution in [0.1, 0.15) is 303 Å². The molecule has 0 radical (unpaired) electrons. The summed E-state index contributed by atoms with van der Waals surface area (Å²) in [6, 6.07) is 0. The molecule has 0 aliphatic carbocycles. The first-order valence-electron chi connectivity index (χ1n) is 29.9. The van der Waals surface area contributed by atoms with Crippen LogP contribution in [0.25, 0.3) is 0 Å². The van der Waals surface area contributed by atoms with Crippen LogP contribution in [0.3, 0.4) is 0 Å². The number of esters is 2. The second-order valence-electron chi connectivity index (χ2n) is 21.7. The van der Waals surface area contributed by atoms with Gasteiger partial charge in [-0.1, -0.05) is 264 Å². The highest BCUT2D eigenvalue weighted by Gasteiger charge is 2.22. The number of allylic oxidation sites excluding steroid dienone is 2. The molecule has 9 nitrogen and oxygen atoms in total. The molecule has 0 N–H and O–H groups in total. The number of phosphoric ester groups is 1. The SMILES string of the molecule is CCCCCCCCCC/C=C\CCCCCCCCCCCCCCCCCCCCCCCCCCCCCC(=O)OC(COC(=O)CCCCCCCC)COP(=O)([O-])OCC[N+](C)(C)C. The quantitative estimate of drug-likeness (QED) is 0.0195. The predicted octanol–water partition coefficient (Wildman–Crippen LogP) is 17.8. The number of quaternary nitrogens is 1. The topological polar surface area (TPSA) is 111 Å². The Labute approximate surface area is 428 Å². The van der Waals surface area contributed by atoms with E-state index < -0.39 is 26.5 Å². The number of likely N-dealkylation sites (N-methyl/N-ethyl adjacent to an activating group) is 1. The summed E-state index contributed by atoms with van der Waals surface area (Å²) in [5.74, 6) is -0.829. The third-order valence-electron chi connectivity index (χ3n) is 13.5. The van der Waals surface area contributed by atoms with Gasteiger partial charge in [0, 0.05) is 12.8 Å². The van der Waals surface area contributed by atoms with Crippen LogP contribution in [-0.4, -0.2) is 70.0 Å². The molecule has 0 bridgehead atoms. The van der Waals surface area contributed by atoms with Gasteiger partial charge in [0.1, 0.15) is 19.8 Å². The first-order valence-corrected chi connectivity index (χ1v) is 31.4. The highest BCUT2D eigenvalue weighted by Crippen LogP contribution is 2.38. The van der Waals surface area contributed by atoms with Crippen molar-refractivity contribution in [1.29, 1.82) is 0 Å². The summed E-state index contributed by atoms with van der Waals surface area (Å²) in [6.07, 6.45) is 60.7. The number of unbranched alkanes of at least 4 members (excludes halogenated alkanes) is 40. The molecule has 0 aromatic carbocycles. The van der Waals surface area contributed by atoms with E-state index in [0.717, 1.165) is 38.5 Å². The smallest absolute Gasteiger partial charge is 0.306 e. The first-order chi connectivity index (χ1) is 33.5. The summed E-state index contributed by atoms with van der Waals surface area (Å²) in [4.78, 5) is 37.4. The zero-order chi connectivity index (χ0) is 50.6. The average molecular weight is 999 g/mol. The monoisotopic (exact) mass is 998 g/mol. The van der Waals surface area contributed by atoms with Gasteiger partial charge in [-0.2, -0.15) is 0 Å². The number of carbonyl (C=O) groups excluding carboxylic acids is 2. The van der Waals surface area contributed by atoms with E-state index in [1.807, 2.05) is 21.1 Å². The lowest BCUT2D eigenvalue weighted by Crippen LogP contribution is -2.37. The molecular weight excluding hydrogens is 882 g/mol. The third-order valence-corrected chi connectivity index (χ3v) is 14.5. The number of phosphoric acid groups is 1. The Hall–Kier alpha value is -1.25. The summed E-state index contributed by atoms with van der Waals surface area (Å²) in [6.45, 7) is 4.20. The first kappa shape index (κ1) is 67.8. The van der Waals surface area contributed by atoms with Gasteiger partial charge in [-0.25, -0.2) is 0 Å². The summed E-state index contributed by atoms with van der Waals surface area (Å²) < 4.78 is 33.9. The Bertz CT molecular complexity index is 1180. The van der Waals surface area contributed by atoms with Crippen LogP contribution >= 0.6 is 7.82 Å². The molecule has 0 aromatic rings. The van der Waals surface area contributed by atoms with E-state index in [0.29, 0.717) is 17.4 Å². The molecule has 410 valence electrons. The zero-order valence-corrected chi connectivity index (χ0v) is 47.4. The van der Waals surface area contributed by atoms with Gasteiger partial charge in [-0.05, 0) is 38.5 Å². The standard InChI is InChI=1S/C59H116NO8P/c1-6-8-10-12-14-15-16-17-18-19-20-21-22-23-24-25-26-27-28-29-30-31-32-33-34-35-36-37-38-39-40-41-42-43-44-45-46-48-50-52-59(62)68-57(55-65-58(61)51-49-47-13-11-9-7-2)56-67-69(63,64)66-54-53-60(3,4)5/h19-20,57H,6-18,21-56H2,1-5H3/b20-19-. The summed E-state index contributed by atoms with van der Waals surface area (Å²) in [5.41, 5.74) is 0. The van der Waals surface area contributed by atoms with Crippen molar-refractivity contribution in [3.63, 3.8) is 0 Å². The van der Waals surface area contributed by atoms with E-state index in [2.05, 4.69) is 26.0 Å². The minimum Gasteiger partial charge on any atom is -0.756 e. The van der Waals surface area contributed by atoms with Gasteiger partial charge in [0.15, 0.2) is 6.10 Å². The molecule has 0 saturated carbocycles. The molecule has 0 amide bonds. The lowest BCUT2D eigenvalue weighted by molar-refractivity contribution is -0.870. The van der Waals surface area contributed by atoms with Gasteiger partial charge in [-0.3, -0.25) is 14.2 Å². The maximum atomic E-state index is 12.7. The van der Waals surface area contributed by atoms with Crippen LogP contribution < -0.4 is 4.89 Å². The van der Waals surface area contributed by atoms with Crippen LogP contribution in [0.2, 0.25) is 0 Å². The highest BCUT2D eigenvalue weighted by molar-refractivity contribution is 7.45. The molecule has 0 aliphatic heterocycles. The Morgan fingerprint density at radius 1 is 0.435 bits per heavy atom. The molecule has 10 heteroatoms. The number of carbonyl (C=O) groups is 2. The lowest BCUT2D eigenvalue weighted by Gasteiger charge is -2.28. The fourth-order valence-electron chi connectivity index (χ4n) is 8.89. The second kappa shape index (κ2) is 51.6. The van der Waals surface area contributed by atoms with Gasteiger partial charge in [0.05, 0.1) is 27.7 Å². The van der Waals surface area contributed by atoms with Crippen molar-refractivity contribution in [2.45, 2.75) is 309 Å². The van der Waals surface area contributed by atoms with Crippen molar-refractivity contribution >= 4 is 19.8 Å². The van der Waals surface area contributed by atoms with E-state index >= 15 is 0 Å². The average Bonchev–Trinajstić information content (AvgIpc) is 3.31. The Morgan fingerprint density at radius 3 is 1.07 bits per heavy atom. The Kier molecular flexibility index (Phi) is 50.7. The molecular formula is C59H116NO8P. The summed E-state index contributed by atoms with van der Waals surface area (Å²) in [7, 11) is 1.18. The second-order valence-corrected chi connectivity index (χ2v) is 23.1. The predicted molar refractivity (Wildman–Crippen MR) is 292 cm³/mol. The van der Waals surface area contributed by atoms with Crippen molar-refractivity contribution in [2.75, 3.05) is 47.5 Å². The van der Waals surface area contributed by atoms with Gasteiger partial charge in [0.25, 0.3) is 7.82 Å². The van der Waals surface area contributed by atoms with E-state index in [1.165, 1.54) is 231 Å². The van der Waals surface area contributed by atoms with Crippen molar-refractivity contribution in [3.8, 4) is 0 Å². The minimum absolute atomic E-state index is 0.0267. The van der Waals surface area contributed by atoms with E-state index in [9.17, 15) is 19.0 Å². The van der Waals surface area contributed by atoms with Gasteiger partial charge in [-0.15, -0.1) is 0 Å². The number of hydrogen-bond acceptors (Lipinski definition) is 8. The molecule has 0 aromatic heterocycles. The summed E-state index contributed by atoms with van der Waals surface area (Å²) >= 11 is 0. The molecule has 0 saturated heterocycles. The van der Waals surface area contributed by atoms with Crippen molar-refractivity contribution in [1.82, 2.24) is 0 Å². The fraction of sp³-hybridized carbons (Fsp3) is 0.932. The largest absolute Gasteiger partial charge is 0.756 e. The van der Waals surface area contributed by atoms with Crippen LogP contribution in [0.15, 0.2) is 12.2 Å². The maximum absolute atomic E-state index is 12.7. The van der Waals surface area contributed by atoms with Crippen LogP contribution in [0.4, 0.5) is 0 Å². The Morgan fingerprint density at radius 2 is 0.739 bits per heavy atom. The van der Waals surface area contributed by atoms with Crippen LogP contribution in [-0.2, 0) is 32.7 Å². The molecule has 0 heterocycles. The summed E-state index contributed by atoms with van der Waals surface area (Å²) in [5, 5.41) is 0. The molecule has 0 rings (SSSR count). The normalized spacial score (nSPS) is 13.3. The number of nitrogens with zero attached hydrogens (tertiary/aromatic N) is 1. The van der Waals surface area contributed by atoms with E-state index in [1.54, 1.807) is 0 Å². The van der Waals surface area contributed by atoms with Gasteiger partial charge >= 0.3 is 11.9 Å². The number of ether oxygens (including phenoxy) is 2. The molecule has 0 fully saturated rings. The Balaban J connectivity index is 3.71. The fourth-order valence-corrected chi connectivity index (χ4v) is 9.62. The maximum Gasteiger partial charge on any atom is 0.306 e. The zero-order valence-electron chi connectivity index (χ0n) is 46.5. The molecule has 0 spiro atoms. The number of hydrogen-bond donors (Lipinski definition) is 0. The number of rotatable bonds is 56. The van der Waals surface area contributed by atoms with E-state index in [-0.39, 0.29) is 32.0 Å². The van der Waals surface area contributed by atoms with Crippen molar-refractivity contribution < 1.29 is 42.1 Å². The van der Waals surface area contributed by atoms with Gasteiger partial charge < -0.3 is 27.9 Å².